The average Bonchev–Trinajstić information content (AvgIpc) is 3.41. The van der Waals surface area contributed by atoms with Gasteiger partial charge in [0.1, 0.15) is 11.6 Å². The Balaban J connectivity index is 1.39. The molecule has 5 aromatic rings. The van der Waals surface area contributed by atoms with Gasteiger partial charge < -0.3 is 14.4 Å². The number of carboxylic acid groups (broad SMARTS) is 1. The van der Waals surface area contributed by atoms with Crippen LogP contribution in [0.15, 0.2) is 91.1 Å². The number of imidazole rings is 1. The zero-order valence-corrected chi connectivity index (χ0v) is 27.3. The molecule has 0 spiro atoms. The second-order valence-electron chi connectivity index (χ2n) is 10.6. The second-order valence-corrected chi connectivity index (χ2v) is 13.2. The van der Waals surface area contributed by atoms with Gasteiger partial charge in [-0.3, -0.25) is 4.72 Å². The number of hydrogen-bond acceptors (Lipinski definition) is 5. The lowest BCUT2D eigenvalue weighted by Gasteiger charge is -2.14. The van der Waals surface area contributed by atoms with Crippen LogP contribution in [-0.4, -0.2) is 48.1 Å². The minimum absolute atomic E-state index is 0.0586. The van der Waals surface area contributed by atoms with Crippen LogP contribution in [0.1, 0.15) is 27.3 Å². The highest BCUT2D eigenvalue weighted by Gasteiger charge is 2.35. The maximum absolute atomic E-state index is 12.7. The van der Waals surface area contributed by atoms with Gasteiger partial charge in [-0.15, -0.1) is 0 Å². The number of nitrogens with zero attached hydrogens (tertiary/aromatic N) is 2. The molecular formula is C34H26Cl2F3N3O5S. The SMILES string of the molecule is COc1cc(-c2ccc(/C=C/c3nc(-c4ccc(Cl)cc4Cl)cn3Cc3ccc(C(=O)O)cc3)cc2)ccc1NS(=O)(=O)CC(F)(F)F. The number of rotatable bonds is 11. The van der Waals surface area contributed by atoms with E-state index in [0.717, 1.165) is 16.7 Å². The third-order valence-corrected chi connectivity index (χ3v) is 8.84. The van der Waals surface area contributed by atoms with Crippen LogP contribution in [0.3, 0.4) is 0 Å². The first-order valence-corrected chi connectivity index (χ1v) is 16.5. The van der Waals surface area contributed by atoms with Crippen molar-refractivity contribution in [3.8, 4) is 28.1 Å². The molecule has 0 unspecified atom stereocenters. The van der Waals surface area contributed by atoms with Crippen molar-refractivity contribution in [1.29, 1.82) is 0 Å². The molecule has 0 amide bonds. The van der Waals surface area contributed by atoms with Crippen LogP contribution in [0.25, 0.3) is 34.5 Å². The van der Waals surface area contributed by atoms with Gasteiger partial charge in [-0.05, 0) is 70.8 Å². The van der Waals surface area contributed by atoms with Gasteiger partial charge in [-0.2, -0.15) is 13.2 Å². The highest BCUT2D eigenvalue weighted by atomic mass is 35.5. The summed E-state index contributed by atoms with van der Waals surface area (Å²) in [5.74, 6) is -2.36. The van der Waals surface area contributed by atoms with Crippen molar-refractivity contribution in [3.63, 3.8) is 0 Å². The predicted molar refractivity (Wildman–Crippen MR) is 181 cm³/mol. The molecule has 0 saturated carbocycles. The van der Waals surface area contributed by atoms with E-state index in [0.29, 0.717) is 39.2 Å². The first kappa shape index (κ1) is 34.6. The van der Waals surface area contributed by atoms with Crippen LogP contribution < -0.4 is 9.46 Å². The predicted octanol–water partition coefficient (Wildman–Crippen LogP) is 8.75. The molecule has 0 radical (unpaired) electrons. The van der Waals surface area contributed by atoms with Crippen LogP contribution in [-0.2, 0) is 16.6 Å². The number of hydrogen-bond donors (Lipinski definition) is 2. The molecule has 0 aliphatic heterocycles. The van der Waals surface area contributed by atoms with E-state index in [1.807, 2.05) is 51.9 Å². The molecule has 248 valence electrons. The molecule has 2 N–H and O–H groups in total. The van der Waals surface area contributed by atoms with Crippen LogP contribution in [0.2, 0.25) is 10.0 Å². The minimum Gasteiger partial charge on any atom is -0.495 e. The molecule has 5 rings (SSSR count). The summed E-state index contributed by atoms with van der Waals surface area (Å²) >= 11 is 12.6. The molecule has 1 aromatic heterocycles. The Labute approximate surface area is 284 Å². The molecular weight excluding hydrogens is 690 g/mol. The molecule has 0 aliphatic carbocycles. The van der Waals surface area contributed by atoms with Gasteiger partial charge in [0.15, 0.2) is 5.75 Å². The first-order chi connectivity index (χ1) is 22.7. The number of aromatic nitrogens is 2. The van der Waals surface area contributed by atoms with Crippen molar-refractivity contribution in [2.24, 2.45) is 0 Å². The maximum atomic E-state index is 12.7. The average molecular weight is 717 g/mol. The van der Waals surface area contributed by atoms with Crippen molar-refractivity contribution in [2.75, 3.05) is 17.6 Å². The maximum Gasteiger partial charge on any atom is 0.404 e. The van der Waals surface area contributed by atoms with Gasteiger partial charge in [-0.25, -0.2) is 18.2 Å². The Bertz CT molecular complexity index is 2100. The van der Waals surface area contributed by atoms with Crippen LogP contribution in [0.4, 0.5) is 18.9 Å². The Morgan fingerprint density at radius 2 is 1.65 bits per heavy atom. The lowest BCUT2D eigenvalue weighted by molar-refractivity contribution is -0.106. The van der Waals surface area contributed by atoms with Crippen LogP contribution in [0.5, 0.6) is 5.75 Å². The summed E-state index contributed by atoms with van der Waals surface area (Å²) in [7, 11) is -3.40. The van der Waals surface area contributed by atoms with E-state index in [9.17, 15) is 31.5 Å². The van der Waals surface area contributed by atoms with E-state index in [-0.39, 0.29) is 17.0 Å². The number of sulfonamides is 1. The van der Waals surface area contributed by atoms with E-state index >= 15 is 0 Å². The Hall–Kier alpha value is -4.78. The summed E-state index contributed by atoms with van der Waals surface area (Å²) in [6.07, 6.45) is 0.654. The second kappa shape index (κ2) is 14.1. The zero-order chi connectivity index (χ0) is 34.6. The van der Waals surface area contributed by atoms with Crippen molar-refractivity contribution in [2.45, 2.75) is 12.7 Å². The smallest absolute Gasteiger partial charge is 0.404 e. The van der Waals surface area contributed by atoms with Crippen LogP contribution >= 0.6 is 23.2 Å². The van der Waals surface area contributed by atoms with Gasteiger partial charge in [0.25, 0.3) is 0 Å². The number of methoxy groups -OCH3 is 1. The monoisotopic (exact) mass is 715 g/mol. The van der Waals surface area contributed by atoms with Crippen molar-refractivity contribution < 1.29 is 36.2 Å². The van der Waals surface area contributed by atoms with Gasteiger partial charge in [0, 0.05) is 23.3 Å². The molecule has 8 nitrogen and oxygen atoms in total. The van der Waals surface area contributed by atoms with Gasteiger partial charge in [-0.1, -0.05) is 71.7 Å². The van der Waals surface area contributed by atoms with Gasteiger partial charge >= 0.3 is 12.1 Å². The summed E-state index contributed by atoms with van der Waals surface area (Å²) in [5, 5.41) is 10.2. The third kappa shape index (κ3) is 8.77. The molecule has 1 heterocycles. The normalized spacial score (nSPS) is 12.0. The fraction of sp³-hybridized carbons (Fsp3) is 0.118. The number of carbonyl (C=O) groups is 1. The van der Waals surface area contributed by atoms with E-state index < -0.39 is 27.9 Å². The number of benzene rings is 4. The molecule has 0 aliphatic rings. The van der Waals surface area contributed by atoms with Crippen molar-refractivity contribution >= 4 is 57.0 Å². The Morgan fingerprint density at radius 3 is 2.27 bits per heavy atom. The summed E-state index contributed by atoms with van der Waals surface area (Å²) in [5.41, 5.74) is 4.46. The van der Waals surface area contributed by atoms with Crippen molar-refractivity contribution in [1.82, 2.24) is 9.55 Å². The highest BCUT2D eigenvalue weighted by Crippen LogP contribution is 2.33. The fourth-order valence-corrected chi connectivity index (χ4v) is 6.31. The minimum atomic E-state index is -4.89. The molecule has 0 atom stereocenters. The quantitative estimate of drug-likeness (QED) is 0.142. The molecule has 0 bridgehead atoms. The number of carboxylic acids is 1. The fourth-order valence-electron chi connectivity index (χ4n) is 4.80. The number of aromatic carboxylic acids is 1. The molecule has 14 heteroatoms. The number of nitrogens with one attached hydrogen (secondary N) is 1. The van der Waals surface area contributed by atoms with E-state index in [4.69, 9.17) is 32.9 Å². The first-order valence-electron chi connectivity index (χ1n) is 14.1. The standard InChI is InChI=1S/C34H26Cl2F3N3O5S/c1-47-31-16-25(11-14-29(31)41-48(45,46)20-34(37,38)39)23-7-2-21(3-8-23)6-15-32-40-30(27-13-12-26(35)17-28(27)36)19-42(32)18-22-4-9-24(10-5-22)33(43)44/h2-17,19,41H,18,20H2,1H3,(H,43,44)/b15-6+. The molecule has 48 heavy (non-hydrogen) atoms. The lowest BCUT2D eigenvalue weighted by atomic mass is 10.0. The Kier molecular flexibility index (Phi) is 10.2. The van der Waals surface area contributed by atoms with E-state index in [2.05, 4.69) is 0 Å². The summed E-state index contributed by atoms with van der Waals surface area (Å²) in [6.45, 7) is 0.404. The molecule has 0 saturated heterocycles. The zero-order valence-electron chi connectivity index (χ0n) is 25.0. The summed E-state index contributed by atoms with van der Waals surface area (Å²) in [4.78, 5) is 16.1. The van der Waals surface area contributed by atoms with Gasteiger partial charge in [0.2, 0.25) is 10.0 Å². The number of halogens is 5. The number of ether oxygens (including phenoxy) is 1. The molecule has 0 fully saturated rings. The number of anilines is 1. The highest BCUT2D eigenvalue weighted by molar-refractivity contribution is 7.92. The topological polar surface area (TPSA) is 111 Å². The summed E-state index contributed by atoms with van der Waals surface area (Å²) < 4.78 is 71.0. The summed E-state index contributed by atoms with van der Waals surface area (Å²) in [6, 6.07) is 23.5. The van der Waals surface area contributed by atoms with E-state index in [1.165, 1.54) is 31.4 Å². The number of alkyl halides is 3. The van der Waals surface area contributed by atoms with Crippen molar-refractivity contribution in [3.05, 3.63) is 124 Å². The van der Waals surface area contributed by atoms with Gasteiger partial charge in [0.05, 0.1) is 29.1 Å². The Morgan fingerprint density at radius 1 is 0.958 bits per heavy atom. The lowest BCUT2D eigenvalue weighted by Crippen LogP contribution is -2.28. The van der Waals surface area contributed by atoms with E-state index in [1.54, 1.807) is 36.4 Å². The molecule has 4 aromatic carbocycles. The third-order valence-electron chi connectivity index (χ3n) is 7.06. The van der Waals surface area contributed by atoms with Crippen LogP contribution in [0, 0.1) is 0 Å². The largest absolute Gasteiger partial charge is 0.495 e.